The van der Waals surface area contributed by atoms with Gasteiger partial charge in [-0.25, -0.2) is 0 Å². The molecule has 8 nitrogen and oxygen atoms in total. The molecule has 30 heavy (non-hydrogen) atoms. The molecule has 2 saturated heterocycles. The number of piperazine rings is 1. The monoisotopic (exact) mass is 430 g/mol. The first kappa shape index (κ1) is 20.4. The highest BCUT2D eigenvalue weighted by atomic mass is 35.5. The third kappa shape index (κ3) is 4.20. The lowest BCUT2D eigenvalue weighted by Gasteiger charge is -2.37. The van der Waals surface area contributed by atoms with Gasteiger partial charge >= 0.3 is 0 Å². The molecule has 2 heterocycles. The van der Waals surface area contributed by atoms with Gasteiger partial charge in [0.2, 0.25) is 0 Å². The predicted molar refractivity (Wildman–Crippen MR) is 116 cm³/mol. The molecular weight excluding hydrogens is 408 g/mol. The van der Waals surface area contributed by atoms with Crippen molar-refractivity contribution in [1.29, 1.82) is 0 Å². The highest BCUT2D eigenvalue weighted by Gasteiger charge is 2.28. The van der Waals surface area contributed by atoms with Gasteiger partial charge in [-0.05, 0) is 18.2 Å². The van der Waals surface area contributed by atoms with Gasteiger partial charge < -0.3 is 19.4 Å². The lowest BCUT2D eigenvalue weighted by atomic mass is 10.1. The molecule has 0 atom stereocenters. The zero-order valence-corrected chi connectivity index (χ0v) is 17.3. The number of para-hydroxylation sites is 1. The topological polar surface area (TPSA) is 79.2 Å². The summed E-state index contributed by atoms with van der Waals surface area (Å²) in [6.45, 7) is 4.79. The maximum atomic E-state index is 13.3. The van der Waals surface area contributed by atoms with Crippen LogP contribution in [0.1, 0.15) is 10.4 Å². The Bertz CT molecular complexity index is 940. The van der Waals surface area contributed by atoms with Crippen molar-refractivity contribution in [2.45, 2.75) is 0 Å². The van der Waals surface area contributed by atoms with Gasteiger partial charge in [0.05, 0.1) is 40.1 Å². The van der Waals surface area contributed by atoms with Gasteiger partial charge in [-0.2, -0.15) is 0 Å². The van der Waals surface area contributed by atoms with Crippen LogP contribution in [0.25, 0.3) is 0 Å². The number of hydrogen-bond donors (Lipinski definition) is 0. The number of ether oxygens (including phenoxy) is 1. The number of carbonyl (C=O) groups excluding carboxylic acids is 1. The van der Waals surface area contributed by atoms with Gasteiger partial charge in [-0.1, -0.05) is 23.7 Å². The molecule has 0 unspecified atom stereocenters. The maximum Gasteiger partial charge on any atom is 0.270 e. The van der Waals surface area contributed by atoms with Crippen LogP contribution in [0.4, 0.5) is 17.1 Å². The second kappa shape index (κ2) is 8.89. The molecule has 158 valence electrons. The van der Waals surface area contributed by atoms with Crippen LogP contribution in [-0.2, 0) is 4.74 Å². The van der Waals surface area contributed by atoms with Gasteiger partial charge in [0, 0.05) is 51.4 Å². The minimum Gasteiger partial charge on any atom is -0.378 e. The predicted octanol–water partition coefficient (Wildman–Crippen LogP) is 3.05. The van der Waals surface area contributed by atoms with Gasteiger partial charge in [-0.3, -0.25) is 14.9 Å². The van der Waals surface area contributed by atoms with Crippen LogP contribution in [-0.4, -0.2) is 68.2 Å². The van der Waals surface area contributed by atoms with Crippen molar-refractivity contribution in [3.63, 3.8) is 0 Å². The Kier molecular flexibility index (Phi) is 6.06. The molecule has 2 aliphatic heterocycles. The van der Waals surface area contributed by atoms with Crippen LogP contribution in [0, 0.1) is 10.1 Å². The number of carbonyl (C=O) groups is 1. The fourth-order valence-corrected chi connectivity index (χ4v) is 4.17. The van der Waals surface area contributed by atoms with Gasteiger partial charge in [-0.15, -0.1) is 0 Å². The summed E-state index contributed by atoms with van der Waals surface area (Å²) in [5, 5.41) is 12.0. The van der Waals surface area contributed by atoms with Crippen LogP contribution in [0.15, 0.2) is 42.5 Å². The molecular formula is C21H23ClN4O4. The van der Waals surface area contributed by atoms with Crippen molar-refractivity contribution in [2.24, 2.45) is 0 Å². The zero-order valence-electron chi connectivity index (χ0n) is 16.5. The van der Waals surface area contributed by atoms with Crippen molar-refractivity contribution in [2.75, 3.05) is 62.3 Å². The van der Waals surface area contributed by atoms with Crippen molar-refractivity contribution >= 4 is 34.6 Å². The Labute approximate surface area is 179 Å². The van der Waals surface area contributed by atoms with Crippen LogP contribution in [0.3, 0.4) is 0 Å². The standard InChI is InChI=1S/C21H23ClN4O4/c22-18-3-1-2-4-20(18)23-7-9-25(10-8-23)21(27)17-15-16(26(28)29)5-6-19(17)24-11-13-30-14-12-24/h1-6,15H,7-14H2. The Hall–Kier alpha value is -2.84. The molecule has 2 aromatic carbocycles. The first-order valence-electron chi connectivity index (χ1n) is 9.94. The molecule has 0 aliphatic carbocycles. The van der Waals surface area contributed by atoms with E-state index < -0.39 is 4.92 Å². The molecule has 9 heteroatoms. The highest BCUT2D eigenvalue weighted by molar-refractivity contribution is 6.33. The van der Waals surface area contributed by atoms with E-state index in [0.717, 1.165) is 11.4 Å². The van der Waals surface area contributed by atoms with E-state index in [9.17, 15) is 14.9 Å². The largest absolute Gasteiger partial charge is 0.378 e. The molecule has 1 amide bonds. The molecule has 0 aromatic heterocycles. The fraction of sp³-hybridized carbons (Fsp3) is 0.381. The molecule has 2 aromatic rings. The van der Waals surface area contributed by atoms with E-state index in [1.54, 1.807) is 11.0 Å². The van der Waals surface area contributed by atoms with E-state index in [1.807, 2.05) is 24.3 Å². The molecule has 0 saturated carbocycles. The Morgan fingerprint density at radius 1 is 0.933 bits per heavy atom. The van der Waals surface area contributed by atoms with E-state index in [4.69, 9.17) is 16.3 Å². The number of rotatable bonds is 4. The van der Waals surface area contributed by atoms with Crippen molar-refractivity contribution in [3.05, 3.63) is 63.2 Å². The second-order valence-corrected chi connectivity index (χ2v) is 7.70. The van der Waals surface area contributed by atoms with Gasteiger partial charge in [0.1, 0.15) is 0 Å². The SMILES string of the molecule is O=C(c1cc([N+](=O)[O-])ccc1N1CCOCC1)N1CCN(c2ccccc2Cl)CC1. The zero-order chi connectivity index (χ0) is 21.1. The van der Waals surface area contributed by atoms with Crippen molar-refractivity contribution in [3.8, 4) is 0 Å². The fourth-order valence-electron chi connectivity index (χ4n) is 3.92. The molecule has 2 fully saturated rings. The molecule has 4 rings (SSSR count). The number of anilines is 2. The highest BCUT2D eigenvalue weighted by Crippen LogP contribution is 2.29. The minimum atomic E-state index is -0.463. The quantitative estimate of drug-likeness (QED) is 0.548. The lowest BCUT2D eigenvalue weighted by Crippen LogP contribution is -2.49. The molecule has 2 aliphatic rings. The Morgan fingerprint density at radius 2 is 1.60 bits per heavy atom. The minimum absolute atomic E-state index is 0.0786. The van der Waals surface area contributed by atoms with Crippen molar-refractivity contribution < 1.29 is 14.5 Å². The molecule has 0 N–H and O–H groups in total. The average Bonchev–Trinajstić information content (AvgIpc) is 2.79. The van der Waals surface area contributed by atoms with Crippen LogP contribution in [0.5, 0.6) is 0 Å². The Balaban J connectivity index is 1.54. The second-order valence-electron chi connectivity index (χ2n) is 7.29. The average molecular weight is 431 g/mol. The summed E-state index contributed by atoms with van der Waals surface area (Å²) >= 11 is 6.30. The van der Waals surface area contributed by atoms with E-state index in [1.165, 1.54) is 12.1 Å². The number of hydrogen-bond acceptors (Lipinski definition) is 6. The normalized spacial score (nSPS) is 17.2. The van der Waals surface area contributed by atoms with Gasteiger partial charge in [0.15, 0.2) is 0 Å². The van der Waals surface area contributed by atoms with E-state index in [0.29, 0.717) is 63.1 Å². The Morgan fingerprint density at radius 3 is 2.27 bits per heavy atom. The number of halogens is 1. The van der Waals surface area contributed by atoms with Gasteiger partial charge in [0.25, 0.3) is 11.6 Å². The van der Waals surface area contributed by atoms with Crippen LogP contribution < -0.4 is 9.80 Å². The number of amides is 1. The maximum absolute atomic E-state index is 13.3. The molecule has 0 radical (unpaired) electrons. The first-order chi connectivity index (χ1) is 14.5. The van der Waals surface area contributed by atoms with E-state index >= 15 is 0 Å². The van der Waals surface area contributed by atoms with Crippen molar-refractivity contribution in [1.82, 2.24) is 4.90 Å². The summed E-state index contributed by atoms with van der Waals surface area (Å²) < 4.78 is 5.40. The molecule has 0 spiro atoms. The number of morpholine rings is 1. The van der Waals surface area contributed by atoms with E-state index in [2.05, 4.69) is 9.80 Å². The summed E-state index contributed by atoms with van der Waals surface area (Å²) in [7, 11) is 0. The summed E-state index contributed by atoms with van der Waals surface area (Å²) in [4.78, 5) is 30.2. The number of nitrogens with zero attached hydrogens (tertiary/aromatic N) is 4. The summed E-state index contributed by atoms with van der Waals surface area (Å²) in [5.41, 5.74) is 1.97. The lowest BCUT2D eigenvalue weighted by molar-refractivity contribution is -0.384. The van der Waals surface area contributed by atoms with Crippen LogP contribution in [0.2, 0.25) is 5.02 Å². The van der Waals surface area contributed by atoms with Crippen LogP contribution >= 0.6 is 11.6 Å². The third-order valence-electron chi connectivity index (χ3n) is 5.53. The molecule has 0 bridgehead atoms. The summed E-state index contributed by atoms with van der Waals surface area (Å²) in [5.74, 6) is -0.181. The number of benzene rings is 2. The van der Waals surface area contributed by atoms with E-state index in [-0.39, 0.29) is 11.6 Å². The number of nitro benzene ring substituents is 1. The number of nitro groups is 1. The number of non-ortho nitro benzene ring substituents is 1. The first-order valence-corrected chi connectivity index (χ1v) is 10.3. The summed E-state index contributed by atoms with van der Waals surface area (Å²) in [6.07, 6.45) is 0. The summed E-state index contributed by atoms with van der Waals surface area (Å²) in [6, 6.07) is 12.2. The third-order valence-corrected chi connectivity index (χ3v) is 5.85. The smallest absolute Gasteiger partial charge is 0.270 e.